The molecule has 2 N–H and O–H groups in total. The Bertz CT molecular complexity index is 988. The number of amides is 1. The van der Waals surface area contributed by atoms with Gasteiger partial charge in [0, 0.05) is 13.0 Å². The Balaban J connectivity index is 2.19. The van der Waals surface area contributed by atoms with Crippen molar-refractivity contribution in [3.05, 3.63) is 48.6 Å². The van der Waals surface area contributed by atoms with Crippen molar-refractivity contribution in [2.45, 2.75) is 96.8 Å². The maximum Gasteiger partial charge on any atom is 0.472 e. The molecule has 0 aliphatic carbocycles. The van der Waals surface area contributed by atoms with Crippen LogP contribution in [0.5, 0.6) is 0 Å². The van der Waals surface area contributed by atoms with Gasteiger partial charge in [-0.3, -0.25) is 13.8 Å². The van der Waals surface area contributed by atoms with Gasteiger partial charge in [-0.25, -0.2) is 4.57 Å². The standard InChI is InChI=1S/C28H48NO7P/c1-4-5-6-7-8-9-10-11-12-13-14-15-16-17-18-19-20-21-27(30)29-22-23-34-37(31,32)35-25-26-24-33-28(2,3)36-26/h8-9,11-12,14-15,17-18,26H,4-7,10,13,16,19-25H2,1-3H3,(H,29,30)(H,31,32)/b9-8-,12-11-,15-14-,18-17-/i24D2,25D2,26D. The summed E-state index contributed by atoms with van der Waals surface area (Å²) in [6.45, 7) is -2.31. The number of ether oxygens (including phenoxy) is 2. The van der Waals surface area contributed by atoms with Gasteiger partial charge in [0.2, 0.25) is 5.91 Å². The molecule has 1 saturated heterocycles. The van der Waals surface area contributed by atoms with Crippen LogP contribution in [-0.2, 0) is 27.9 Å². The van der Waals surface area contributed by atoms with Crippen LogP contribution < -0.4 is 5.32 Å². The molecule has 212 valence electrons. The van der Waals surface area contributed by atoms with Gasteiger partial charge in [0.15, 0.2) is 5.79 Å². The van der Waals surface area contributed by atoms with Crippen LogP contribution >= 0.6 is 7.82 Å². The quantitative estimate of drug-likeness (QED) is 0.0958. The summed E-state index contributed by atoms with van der Waals surface area (Å²) in [5, 5.41) is 2.53. The lowest BCUT2D eigenvalue weighted by Gasteiger charge is -2.18. The maximum absolute atomic E-state index is 12.2. The van der Waals surface area contributed by atoms with Gasteiger partial charge in [0.05, 0.1) is 26.6 Å². The third kappa shape index (κ3) is 20.1. The fraction of sp³-hybridized carbons (Fsp3) is 0.679. The number of phosphoric ester groups is 1. The van der Waals surface area contributed by atoms with Crippen LogP contribution in [0.2, 0.25) is 0 Å². The SMILES string of the molecule is [2H]C1([2H])OC(C)(C)OC1([2H])C([2H])([2H])OP(=O)(O)OCCNC(=O)CCC/C=C\C/C=C\C/C=C\C/C=C\CCCCC. The second kappa shape index (κ2) is 20.4. The monoisotopic (exact) mass is 546 g/mol. The molecule has 8 nitrogen and oxygen atoms in total. The summed E-state index contributed by atoms with van der Waals surface area (Å²) >= 11 is 0. The van der Waals surface area contributed by atoms with E-state index in [4.69, 9.17) is 16.3 Å². The molecule has 9 heteroatoms. The van der Waals surface area contributed by atoms with E-state index in [1.54, 1.807) is 0 Å². The van der Waals surface area contributed by atoms with Crippen LogP contribution in [0.1, 0.15) is 91.8 Å². The van der Waals surface area contributed by atoms with E-state index in [9.17, 15) is 14.3 Å². The Kier molecular flexibility index (Phi) is 14.2. The highest BCUT2D eigenvalue weighted by Gasteiger charge is 2.34. The highest BCUT2D eigenvalue weighted by atomic mass is 31.2. The van der Waals surface area contributed by atoms with Crippen molar-refractivity contribution in [2.24, 2.45) is 0 Å². The lowest BCUT2D eigenvalue weighted by atomic mass is 10.2. The van der Waals surface area contributed by atoms with Crippen molar-refractivity contribution >= 4 is 13.7 Å². The highest BCUT2D eigenvalue weighted by molar-refractivity contribution is 7.47. The summed E-state index contributed by atoms with van der Waals surface area (Å²) in [6.07, 6.45) is 23.2. The molecule has 0 aromatic heterocycles. The van der Waals surface area contributed by atoms with E-state index in [1.165, 1.54) is 33.1 Å². The van der Waals surface area contributed by atoms with E-state index >= 15 is 0 Å². The molecule has 1 amide bonds. The summed E-state index contributed by atoms with van der Waals surface area (Å²) in [6, 6.07) is 0. The molecule has 0 bridgehead atoms. The molecule has 1 aliphatic rings. The first-order chi connectivity index (χ1) is 19.6. The molecule has 0 radical (unpaired) electrons. The molecule has 0 spiro atoms. The molecule has 2 atom stereocenters. The number of hydrogen-bond donors (Lipinski definition) is 2. The van der Waals surface area contributed by atoms with Crippen molar-refractivity contribution in [2.75, 3.05) is 26.3 Å². The van der Waals surface area contributed by atoms with E-state index in [2.05, 4.69) is 57.7 Å². The predicted molar refractivity (Wildman–Crippen MR) is 148 cm³/mol. The molecular weight excluding hydrogens is 493 g/mol. The average Bonchev–Trinajstić information content (AvgIpc) is 3.05. The van der Waals surface area contributed by atoms with E-state index in [1.807, 2.05) is 12.2 Å². The summed E-state index contributed by atoms with van der Waals surface area (Å²) in [7, 11) is -5.09. The third-order valence-electron chi connectivity index (χ3n) is 4.90. The van der Waals surface area contributed by atoms with Crippen LogP contribution in [0.3, 0.4) is 0 Å². The first kappa shape index (κ1) is 25.7. The molecule has 1 heterocycles. The number of nitrogens with one attached hydrogen (secondary N) is 1. The van der Waals surface area contributed by atoms with Crippen LogP contribution in [0, 0.1) is 0 Å². The number of carbonyl (C=O) groups excluding carboxylic acids is 1. The fourth-order valence-electron chi connectivity index (χ4n) is 3.01. The summed E-state index contributed by atoms with van der Waals surface area (Å²) in [4.78, 5) is 21.9. The Labute approximate surface area is 230 Å². The molecule has 0 aromatic carbocycles. The van der Waals surface area contributed by atoms with Gasteiger partial charge in [-0.15, -0.1) is 0 Å². The first-order valence-corrected chi connectivity index (χ1v) is 14.5. The smallest absolute Gasteiger partial charge is 0.354 e. The molecule has 1 aliphatic heterocycles. The largest absolute Gasteiger partial charge is 0.472 e. The Hall–Kier alpha value is -1.54. The van der Waals surface area contributed by atoms with E-state index in [0.29, 0.717) is 6.42 Å². The number of allylic oxidation sites excluding steroid dienone is 8. The number of carbonyl (C=O) groups is 1. The number of hydrogen-bond acceptors (Lipinski definition) is 6. The average molecular weight is 547 g/mol. The minimum Gasteiger partial charge on any atom is -0.354 e. The lowest BCUT2D eigenvalue weighted by molar-refractivity contribution is -0.142. The third-order valence-corrected chi connectivity index (χ3v) is 5.73. The van der Waals surface area contributed by atoms with Gasteiger partial charge in [-0.05, 0) is 58.8 Å². The van der Waals surface area contributed by atoms with Crippen molar-refractivity contribution in [1.82, 2.24) is 5.32 Å². The summed E-state index contributed by atoms with van der Waals surface area (Å²) in [5.74, 6) is -1.96. The van der Waals surface area contributed by atoms with Crippen LogP contribution in [0.4, 0.5) is 0 Å². The van der Waals surface area contributed by atoms with Gasteiger partial charge in [-0.1, -0.05) is 68.4 Å². The van der Waals surface area contributed by atoms with E-state index in [0.717, 1.165) is 32.1 Å². The minimum absolute atomic E-state index is 0.139. The summed E-state index contributed by atoms with van der Waals surface area (Å²) in [5.41, 5.74) is 0. The fourth-order valence-corrected chi connectivity index (χ4v) is 3.58. The van der Waals surface area contributed by atoms with Gasteiger partial charge in [0.25, 0.3) is 0 Å². The minimum atomic E-state index is -5.09. The maximum atomic E-state index is 12.2. The Morgan fingerprint density at radius 1 is 1.08 bits per heavy atom. The molecule has 0 aromatic rings. The highest BCUT2D eigenvalue weighted by Crippen LogP contribution is 2.43. The Morgan fingerprint density at radius 2 is 1.68 bits per heavy atom. The second-order valence-electron chi connectivity index (χ2n) is 8.86. The molecule has 37 heavy (non-hydrogen) atoms. The number of phosphoric acid groups is 1. The van der Waals surface area contributed by atoms with Crippen molar-refractivity contribution in [3.63, 3.8) is 0 Å². The summed E-state index contributed by atoms with van der Waals surface area (Å²) < 4.78 is 70.8. The van der Waals surface area contributed by atoms with Crippen molar-refractivity contribution in [1.29, 1.82) is 0 Å². The predicted octanol–water partition coefficient (Wildman–Crippen LogP) is 6.53. The normalized spacial score (nSPS) is 25.2. The second-order valence-corrected chi connectivity index (χ2v) is 10.2. The number of rotatable bonds is 21. The van der Waals surface area contributed by atoms with Crippen LogP contribution in [-0.4, -0.2) is 48.9 Å². The molecule has 2 unspecified atom stereocenters. The molecule has 1 fully saturated rings. The zero-order chi connectivity index (χ0) is 31.8. The van der Waals surface area contributed by atoms with Crippen molar-refractivity contribution < 1.29 is 39.6 Å². The van der Waals surface area contributed by atoms with Gasteiger partial charge < -0.3 is 19.7 Å². The van der Waals surface area contributed by atoms with Gasteiger partial charge in [-0.2, -0.15) is 0 Å². The zero-order valence-corrected chi connectivity index (χ0v) is 23.3. The van der Waals surface area contributed by atoms with Crippen LogP contribution in [0.15, 0.2) is 48.6 Å². The van der Waals surface area contributed by atoms with Crippen molar-refractivity contribution in [3.8, 4) is 0 Å². The first-order valence-electron chi connectivity index (χ1n) is 15.5. The molecular formula is C28H48NO7P. The lowest BCUT2D eigenvalue weighted by Crippen LogP contribution is -2.27. The van der Waals surface area contributed by atoms with Gasteiger partial charge >= 0.3 is 7.82 Å². The number of unbranched alkanes of at least 4 members (excludes halogenated alkanes) is 4. The van der Waals surface area contributed by atoms with Gasteiger partial charge in [0.1, 0.15) is 6.08 Å². The Morgan fingerprint density at radius 3 is 2.24 bits per heavy atom. The molecule has 1 rings (SSSR count). The van der Waals surface area contributed by atoms with Crippen LogP contribution in [0.25, 0.3) is 0 Å². The van der Waals surface area contributed by atoms with E-state index in [-0.39, 0.29) is 18.9 Å². The van der Waals surface area contributed by atoms with E-state index < -0.39 is 39.4 Å². The zero-order valence-electron chi connectivity index (χ0n) is 27.4. The topological polar surface area (TPSA) is 103 Å². The molecule has 0 saturated carbocycles.